The van der Waals surface area contributed by atoms with Gasteiger partial charge in [-0.25, -0.2) is 9.97 Å². The van der Waals surface area contributed by atoms with Gasteiger partial charge < -0.3 is 10.6 Å². The molecular weight excluding hydrogens is 200 g/mol. The maximum atomic E-state index is 5.87. The van der Waals surface area contributed by atoms with Crippen LogP contribution in [0.5, 0.6) is 0 Å². The minimum atomic E-state index is 0. The Bertz CT molecular complexity index is 267. The molecule has 1 unspecified atom stereocenters. The summed E-state index contributed by atoms with van der Waals surface area (Å²) in [4.78, 5) is 10.5. The second kappa shape index (κ2) is 5.12. The lowest BCUT2D eigenvalue weighted by Gasteiger charge is -2.30. The maximum Gasteiger partial charge on any atom is 0.225 e. The van der Waals surface area contributed by atoms with Crippen molar-refractivity contribution in [2.75, 3.05) is 18.0 Å². The van der Waals surface area contributed by atoms with Crippen LogP contribution in [0.15, 0.2) is 18.5 Å². The molecule has 78 valence electrons. The SMILES string of the molecule is Cl.NC1CCCN(c2ncccn2)C1. The number of rotatable bonds is 1. The van der Waals surface area contributed by atoms with E-state index in [1.165, 1.54) is 0 Å². The summed E-state index contributed by atoms with van der Waals surface area (Å²) < 4.78 is 0. The molecule has 0 aromatic carbocycles. The van der Waals surface area contributed by atoms with Crippen molar-refractivity contribution in [1.29, 1.82) is 0 Å². The number of hydrogen-bond donors (Lipinski definition) is 1. The number of nitrogens with two attached hydrogens (primary N) is 1. The first-order chi connectivity index (χ1) is 6.36. The van der Waals surface area contributed by atoms with Gasteiger partial charge in [0, 0.05) is 31.5 Å². The summed E-state index contributed by atoms with van der Waals surface area (Å²) in [7, 11) is 0. The highest BCUT2D eigenvalue weighted by Crippen LogP contribution is 2.13. The fourth-order valence-corrected chi connectivity index (χ4v) is 1.65. The molecule has 0 bridgehead atoms. The van der Waals surface area contributed by atoms with Gasteiger partial charge in [0.05, 0.1) is 0 Å². The van der Waals surface area contributed by atoms with E-state index in [1.807, 2.05) is 6.07 Å². The Morgan fingerprint density at radius 1 is 1.36 bits per heavy atom. The Hall–Kier alpha value is -0.870. The van der Waals surface area contributed by atoms with Crippen LogP contribution in [0, 0.1) is 0 Å². The zero-order chi connectivity index (χ0) is 9.10. The van der Waals surface area contributed by atoms with E-state index in [0.717, 1.165) is 31.9 Å². The van der Waals surface area contributed by atoms with Gasteiger partial charge in [0.15, 0.2) is 0 Å². The van der Waals surface area contributed by atoms with Crippen LogP contribution in [0.2, 0.25) is 0 Å². The van der Waals surface area contributed by atoms with E-state index < -0.39 is 0 Å². The Morgan fingerprint density at radius 2 is 2.07 bits per heavy atom. The van der Waals surface area contributed by atoms with Crippen LogP contribution in [0.3, 0.4) is 0 Å². The number of aromatic nitrogens is 2. The molecule has 0 radical (unpaired) electrons. The second-order valence-corrected chi connectivity index (χ2v) is 3.40. The zero-order valence-electron chi connectivity index (χ0n) is 7.97. The summed E-state index contributed by atoms with van der Waals surface area (Å²) in [6.45, 7) is 1.90. The third-order valence-corrected chi connectivity index (χ3v) is 2.29. The van der Waals surface area contributed by atoms with Crippen molar-refractivity contribution in [3.05, 3.63) is 18.5 Å². The Morgan fingerprint density at radius 3 is 2.71 bits per heavy atom. The monoisotopic (exact) mass is 214 g/mol. The van der Waals surface area contributed by atoms with Crippen molar-refractivity contribution in [3.63, 3.8) is 0 Å². The molecule has 0 aliphatic carbocycles. The summed E-state index contributed by atoms with van der Waals surface area (Å²) in [5.41, 5.74) is 5.87. The number of anilines is 1. The van der Waals surface area contributed by atoms with E-state index in [0.29, 0.717) is 0 Å². The van der Waals surface area contributed by atoms with Crippen molar-refractivity contribution in [3.8, 4) is 0 Å². The van der Waals surface area contributed by atoms with E-state index in [2.05, 4.69) is 14.9 Å². The minimum absolute atomic E-state index is 0. The average molecular weight is 215 g/mol. The van der Waals surface area contributed by atoms with Gasteiger partial charge in [-0.1, -0.05) is 0 Å². The van der Waals surface area contributed by atoms with Crippen LogP contribution in [0.25, 0.3) is 0 Å². The molecule has 14 heavy (non-hydrogen) atoms. The van der Waals surface area contributed by atoms with Crippen molar-refractivity contribution in [2.24, 2.45) is 5.73 Å². The molecule has 2 heterocycles. The first-order valence-corrected chi connectivity index (χ1v) is 4.64. The van der Waals surface area contributed by atoms with Gasteiger partial charge in [-0.3, -0.25) is 0 Å². The average Bonchev–Trinajstić information content (AvgIpc) is 2.19. The van der Waals surface area contributed by atoms with Crippen LogP contribution in [0.1, 0.15) is 12.8 Å². The summed E-state index contributed by atoms with van der Waals surface area (Å²) in [6, 6.07) is 2.10. The quantitative estimate of drug-likeness (QED) is 0.753. The molecular formula is C9H15ClN4. The Labute approximate surface area is 89.9 Å². The highest BCUT2D eigenvalue weighted by Gasteiger charge is 2.17. The van der Waals surface area contributed by atoms with Crippen molar-refractivity contribution < 1.29 is 0 Å². The molecule has 1 saturated heterocycles. The van der Waals surface area contributed by atoms with Crippen molar-refractivity contribution in [2.45, 2.75) is 18.9 Å². The number of nitrogens with zero attached hydrogens (tertiary/aromatic N) is 3. The number of piperidine rings is 1. The van der Waals surface area contributed by atoms with E-state index in [4.69, 9.17) is 5.73 Å². The summed E-state index contributed by atoms with van der Waals surface area (Å²) in [5.74, 6) is 0.803. The molecule has 5 heteroatoms. The van der Waals surface area contributed by atoms with E-state index in [-0.39, 0.29) is 18.4 Å². The largest absolute Gasteiger partial charge is 0.339 e. The van der Waals surface area contributed by atoms with Gasteiger partial charge in [0.1, 0.15) is 0 Å². The molecule has 1 aliphatic heterocycles. The smallest absolute Gasteiger partial charge is 0.225 e. The molecule has 2 N–H and O–H groups in total. The van der Waals surface area contributed by atoms with Gasteiger partial charge in [-0.15, -0.1) is 12.4 Å². The number of hydrogen-bond acceptors (Lipinski definition) is 4. The molecule has 1 aliphatic rings. The molecule has 0 spiro atoms. The molecule has 2 rings (SSSR count). The standard InChI is InChI=1S/C9H14N4.ClH/c10-8-3-1-6-13(7-8)9-11-4-2-5-12-9;/h2,4-5,8H,1,3,6-7,10H2;1H. The van der Waals surface area contributed by atoms with Crippen LogP contribution in [-0.2, 0) is 0 Å². The van der Waals surface area contributed by atoms with Gasteiger partial charge in [-0.05, 0) is 18.9 Å². The second-order valence-electron chi connectivity index (χ2n) is 3.40. The van der Waals surface area contributed by atoms with Gasteiger partial charge in [0.25, 0.3) is 0 Å². The first kappa shape index (κ1) is 11.2. The van der Waals surface area contributed by atoms with Crippen molar-refractivity contribution in [1.82, 2.24) is 9.97 Å². The predicted molar refractivity (Wildman–Crippen MR) is 58.7 cm³/mol. The lowest BCUT2D eigenvalue weighted by atomic mass is 10.1. The Kier molecular flexibility index (Phi) is 4.10. The Balaban J connectivity index is 0.000000980. The molecule has 1 atom stereocenters. The topological polar surface area (TPSA) is 55.0 Å². The molecule has 4 nitrogen and oxygen atoms in total. The number of halogens is 1. The van der Waals surface area contributed by atoms with E-state index >= 15 is 0 Å². The third-order valence-electron chi connectivity index (χ3n) is 2.29. The molecule has 1 fully saturated rings. The normalized spacial score (nSPS) is 21.5. The van der Waals surface area contributed by atoms with E-state index in [1.54, 1.807) is 12.4 Å². The lowest BCUT2D eigenvalue weighted by Crippen LogP contribution is -2.43. The molecule has 0 amide bonds. The van der Waals surface area contributed by atoms with Crippen LogP contribution < -0.4 is 10.6 Å². The van der Waals surface area contributed by atoms with Gasteiger partial charge in [0.2, 0.25) is 5.95 Å². The molecule has 0 saturated carbocycles. The highest BCUT2D eigenvalue weighted by atomic mass is 35.5. The summed E-state index contributed by atoms with van der Waals surface area (Å²) >= 11 is 0. The van der Waals surface area contributed by atoms with Crippen LogP contribution >= 0.6 is 12.4 Å². The fraction of sp³-hybridized carbons (Fsp3) is 0.556. The molecule has 1 aromatic rings. The maximum absolute atomic E-state index is 5.87. The third kappa shape index (κ3) is 2.56. The minimum Gasteiger partial charge on any atom is -0.339 e. The first-order valence-electron chi connectivity index (χ1n) is 4.64. The summed E-state index contributed by atoms with van der Waals surface area (Å²) in [5, 5.41) is 0. The lowest BCUT2D eigenvalue weighted by molar-refractivity contribution is 0.500. The highest BCUT2D eigenvalue weighted by molar-refractivity contribution is 5.85. The van der Waals surface area contributed by atoms with Crippen molar-refractivity contribution >= 4 is 18.4 Å². The van der Waals surface area contributed by atoms with Gasteiger partial charge in [-0.2, -0.15) is 0 Å². The van der Waals surface area contributed by atoms with Gasteiger partial charge >= 0.3 is 0 Å². The molecule has 1 aromatic heterocycles. The fourth-order valence-electron chi connectivity index (χ4n) is 1.65. The van der Waals surface area contributed by atoms with E-state index in [9.17, 15) is 0 Å². The van der Waals surface area contributed by atoms with Crippen LogP contribution in [-0.4, -0.2) is 29.1 Å². The predicted octanol–water partition coefficient (Wildman–Crippen LogP) is 0.826. The zero-order valence-corrected chi connectivity index (χ0v) is 8.78. The van der Waals surface area contributed by atoms with Crippen LogP contribution in [0.4, 0.5) is 5.95 Å². The summed E-state index contributed by atoms with van der Waals surface area (Å²) in [6.07, 6.45) is 5.79.